The van der Waals surface area contributed by atoms with Crippen molar-refractivity contribution in [3.63, 3.8) is 0 Å². The van der Waals surface area contributed by atoms with E-state index in [9.17, 15) is 4.79 Å². The first-order valence-electron chi connectivity index (χ1n) is 7.04. The van der Waals surface area contributed by atoms with E-state index in [2.05, 4.69) is 0 Å². The number of carbonyl (C=O) groups is 1. The van der Waals surface area contributed by atoms with Crippen molar-refractivity contribution in [3.05, 3.63) is 0 Å². The Kier molecular flexibility index (Phi) is 3.58. The van der Waals surface area contributed by atoms with E-state index < -0.39 is 5.60 Å². The number of amides is 1. The Morgan fingerprint density at radius 1 is 1.33 bits per heavy atom. The fraction of sp³-hybridized carbons (Fsp3) is 0.929. The lowest BCUT2D eigenvalue weighted by Gasteiger charge is -2.48. The molecule has 2 rings (SSSR count). The van der Waals surface area contributed by atoms with Crippen molar-refractivity contribution in [2.24, 2.45) is 17.1 Å². The molecule has 4 nitrogen and oxygen atoms in total. The Morgan fingerprint density at radius 2 is 1.89 bits per heavy atom. The van der Waals surface area contributed by atoms with Crippen LogP contribution in [0, 0.1) is 11.3 Å². The highest BCUT2D eigenvalue weighted by molar-refractivity contribution is 5.69. The summed E-state index contributed by atoms with van der Waals surface area (Å²) < 4.78 is 5.37. The van der Waals surface area contributed by atoms with Crippen LogP contribution >= 0.6 is 0 Å². The Balaban J connectivity index is 1.85. The van der Waals surface area contributed by atoms with Gasteiger partial charge in [0, 0.05) is 19.0 Å². The van der Waals surface area contributed by atoms with Gasteiger partial charge in [0.25, 0.3) is 0 Å². The van der Waals surface area contributed by atoms with Crippen LogP contribution in [0.5, 0.6) is 0 Å². The van der Waals surface area contributed by atoms with Crippen molar-refractivity contribution in [2.45, 2.75) is 52.1 Å². The summed E-state index contributed by atoms with van der Waals surface area (Å²) in [5, 5.41) is 0. The first-order chi connectivity index (χ1) is 8.36. The van der Waals surface area contributed by atoms with E-state index >= 15 is 0 Å². The van der Waals surface area contributed by atoms with E-state index in [-0.39, 0.29) is 6.09 Å². The van der Waals surface area contributed by atoms with Crippen LogP contribution < -0.4 is 5.73 Å². The van der Waals surface area contributed by atoms with E-state index in [1.807, 2.05) is 25.7 Å². The van der Waals surface area contributed by atoms with E-state index in [1.54, 1.807) is 0 Å². The van der Waals surface area contributed by atoms with Crippen LogP contribution in [0.1, 0.15) is 46.5 Å². The van der Waals surface area contributed by atoms with Gasteiger partial charge in [0.2, 0.25) is 0 Å². The smallest absolute Gasteiger partial charge is 0.410 e. The fourth-order valence-electron chi connectivity index (χ4n) is 3.20. The standard InChI is InChI=1S/C14H26N2O2/c1-13(2,3)18-12(17)16-8-11(9-16)14(10-15)6-4-5-7-14/h11H,4-10,15H2,1-3H3. The van der Waals surface area contributed by atoms with Crippen LogP contribution in [-0.2, 0) is 4.74 Å². The van der Waals surface area contributed by atoms with Crippen molar-refractivity contribution in [3.8, 4) is 0 Å². The zero-order valence-electron chi connectivity index (χ0n) is 11.9. The molecule has 0 aromatic carbocycles. The van der Waals surface area contributed by atoms with Gasteiger partial charge in [-0.1, -0.05) is 12.8 Å². The zero-order chi connectivity index (χ0) is 13.4. The average Bonchev–Trinajstić information content (AvgIpc) is 2.62. The third kappa shape index (κ3) is 2.63. The zero-order valence-corrected chi connectivity index (χ0v) is 11.9. The molecule has 0 aromatic rings. The highest BCUT2D eigenvalue weighted by Crippen LogP contribution is 2.47. The van der Waals surface area contributed by atoms with Gasteiger partial charge in [-0.05, 0) is 45.6 Å². The van der Waals surface area contributed by atoms with Crippen LogP contribution in [-0.4, -0.2) is 36.2 Å². The summed E-state index contributed by atoms with van der Waals surface area (Å²) in [4.78, 5) is 13.7. The molecule has 4 heteroatoms. The van der Waals surface area contributed by atoms with Gasteiger partial charge in [-0.25, -0.2) is 4.79 Å². The topological polar surface area (TPSA) is 55.6 Å². The molecule has 18 heavy (non-hydrogen) atoms. The Labute approximate surface area is 110 Å². The maximum absolute atomic E-state index is 11.9. The van der Waals surface area contributed by atoms with Crippen molar-refractivity contribution in [1.29, 1.82) is 0 Å². The van der Waals surface area contributed by atoms with E-state index in [4.69, 9.17) is 10.5 Å². The second-order valence-electron chi connectivity index (χ2n) is 6.86. The summed E-state index contributed by atoms with van der Waals surface area (Å²) in [6.45, 7) is 8.12. The van der Waals surface area contributed by atoms with E-state index in [0.717, 1.165) is 19.6 Å². The number of likely N-dealkylation sites (tertiary alicyclic amines) is 1. The number of hydrogen-bond acceptors (Lipinski definition) is 3. The molecule has 1 aliphatic heterocycles. The van der Waals surface area contributed by atoms with Crippen LogP contribution in [0.4, 0.5) is 4.79 Å². The van der Waals surface area contributed by atoms with Gasteiger partial charge in [0.15, 0.2) is 0 Å². The number of nitrogens with two attached hydrogens (primary N) is 1. The lowest BCUT2D eigenvalue weighted by Crippen LogP contribution is -2.58. The molecule has 1 heterocycles. The quantitative estimate of drug-likeness (QED) is 0.823. The molecule has 0 radical (unpaired) electrons. The normalized spacial score (nSPS) is 23.9. The lowest BCUT2D eigenvalue weighted by molar-refractivity contribution is -0.0295. The largest absolute Gasteiger partial charge is 0.444 e. The van der Waals surface area contributed by atoms with Gasteiger partial charge >= 0.3 is 6.09 Å². The van der Waals surface area contributed by atoms with Crippen LogP contribution in [0.2, 0.25) is 0 Å². The van der Waals surface area contributed by atoms with Crippen molar-refractivity contribution >= 4 is 6.09 Å². The van der Waals surface area contributed by atoms with Gasteiger partial charge in [-0.15, -0.1) is 0 Å². The molecule has 0 bridgehead atoms. The molecule has 2 fully saturated rings. The summed E-state index contributed by atoms with van der Waals surface area (Å²) in [6, 6.07) is 0. The maximum Gasteiger partial charge on any atom is 0.410 e. The third-order valence-corrected chi connectivity index (χ3v) is 4.41. The number of nitrogens with zero attached hydrogens (tertiary/aromatic N) is 1. The van der Waals surface area contributed by atoms with Gasteiger partial charge in [0.05, 0.1) is 0 Å². The monoisotopic (exact) mass is 254 g/mol. The minimum atomic E-state index is -0.402. The molecule has 1 saturated carbocycles. The van der Waals surface area contributed by atoms with Crippen molar-refractivity contribution < 1.29 is 9.53 Å². The lowest BCUT2D eigenvalue weighted by atomic mass is 9.70. The molecule has 0 aromatic heterocycles. The molecule has 2 N–H and O–H groups in total. The second-order valence-corrected chi connectivity index (χ2v) is 6.86. The number of hydrogen-bond donors (Lipinski definition) is 1. The fourth-order valence-corrected chi connectivity index (χ4v) is 3.20. The highest BCUT2D eigenvalue weighted by atomic mass is 16.6. The molecular weight excluding hydrogens is 228 g/mol. The maximum atomic E-state index is 11.9. The molecule has 0 atom stereocenters. The molecule has 2 aliphatic rings. The molecule has 1 amide bonds. The molecule has 1 aliphatic carbocycles. The van der Waals surface area contributed by atoms with Crippen LogP contribution in [0.15, 0.2) is 0 Å². The number of rotatable bonds is 2. The number of ether oxygens (including phenoxy) is 1. The van der Waals surface area contributed by atoms with E-state index in [1.165, 1.54) is 25.7 Å². The molecular formula is C14H26N2O2. The predicted molar refractivity (Wildman–Crippen MR) is 71.3 cm³/mol. The molecule has 0 unspecified atom stereocenters. The predicted octanol–water partition coefficient (Wildman–Crippen LogP) is 2.37. The molecule has 1 saturated heterocycles. The molecule has 104 valence electrons. The highest BCUT2D eigenvalue weighted by Gasteiger charge is 2.47. The van der Waals surface area contributed by atoms with Crippen LogP contribution in [0.3, 0.4) is 0 Å². The average molecular weight is 254 g/mol. The Bertz CT molecular complexity index is 310. The summed E-state index contributed by atoms with van der Waals surface area (Å²) in [5.41, 5.74) is 5.87. The molecule has 0 spiro atoms. The van der Waals surface area contributed by atoms with Gasteiger partial charge in [-0.3, -0.25) is 0 Å². The van der Waals surface area contributed by atoms with Gasteiger partial charge in [0.1, 0.15) is 5.60 Å². The van der Waals surface area contributed by atoms with Gasteiger partial charge in [-0.2, -0.15) is 0 Å². The third-order valence-electron chi connectivity index (χ3n) is 4.41. The second kappa shape index (κ2) is 4.72. The van der Waals surface area contributed by atoms with Crippen LogP contribution in [0.25, 0.3) is 0 Å². The first-order valence-corrected chi connectivity index (χ1v) is 7.04. The number of carbonyl (C=O) groups excluding carboxylic acids is 1. The Hall–Kier alpha value is -0.770. The van der Waals surface area contributed by atoms with E-state index in [0.29, 0.717) is 11.3 Å². The minimum absolute atomic E-state index is 0.177. The van der Waals surface area contributed by atoms with Crippen molar-refractivity contribution in [1.82, 2.24) is 4.90 Å². The minimum Gasteiger partial charge on any atom is -0.444 e. The summed E-state index contributed by atoms with van der Waals surface area (Å²) in [7, 11) is 0. The first kappa shape index (κ1) is 13.7. The SMILES string of the molecule is CC(C)(C)OC(=O)N1CC(C2(CN)CCCC2)C1. The van der Waals surface area contributed by atoms with Gasteiger partial charge < -0.3 is 15.4 Å². The van der Waals surface area contributed by atoms with Crippen molar-refractivity contribution in [2.75, 3.05) is 19.6 Å². The summed E-state index contributed by atoms with van der Waals surface area (Å²) >= 11 is 0. The summed E-state index contributed by atoms with van der Waals surface area (Å²) in [5.74, 6) is 0.581. The Morgan fingerprint density at radius 3 is 2.33 bits per heavy atom. The summed E-state index contributed by atoms with van der Waals surface area (Å²) in [6.07, 6.45) is 4.87.